The quantitative estimate of drug-likeness (QED) is 0.249. The third-order valence-corrected chi connectivity index (χ3v) is 5.74. The topological polar surface area (TPSA) is 53.9 Å². The third-order valence-electron chi connectivity index (χ3n) is 5.49. The van der Waals surface area contributed by atoms with Crippen LogP contribution in [0, 0.1) is 13.8 Å². The van der Waals surface area contributed by atoms with E-state index in [2.05, 4.69) is 15.3 Å². The molecule has 0 N–H and O–H groups in total. The van der Waals surface area contributed by atoms with Crippen molar-refractivity contribution in [2.75, 3.05) is 0 Å². The number of hydrazone groups is 1. The average Bonchev–Trinajstić information content (AvgIpc) is 3.41. The van der Waals surface area contributed by atoms with Crippen LogP contribution in [0.1, 0.15) is 41.9 Å². The third kappa shape index (κ3) is 6.27. The molecular formula is C20H14Cl2F12N6+. The van der Waals surface area contributed by atoms with Crippen LogP contribution in [-0.2, 0) is 12.4 Å². The van der Waals surface area contributed by atoms with Crippen molar-refractivity contribution < 1.29 is 52.7 Å². The molecule has 1 aliphatic rings. The number of halogens is 14. The molecule has 3 heterocycles. The molecule has 0 saturated carbocycles. The summed E-state index contributed by atoms with van der Waals surface area (Å²) in [7, 11) is 0. The van der Waals surface area contributed by atoms with Crippen LogP contribution in [0.4, 0.5) is 52.7 Å². The van der Waals surface area contributed by atoms with E-state index in [-0.39, 0.29) is 15.8 Å². The van der Waals surface area contributed by atoms with E-state index in [1.807, 2.05) is 0 Å². The molecule has 0 spiro atoms. The maximum Gasteiger partial charge on any atom is 0.473 e. The van der Waals surface area contributed by atoms with Gasteiger partial charge in [-0.1, -0.05) is 23.2 Å². The fraction of sp³-hybridized carbons (Fsp3) is 0.450. The molecule has 6 nitrogen and oxygen atoms in total. The van der Waals surface area contributed by atoms with E-state index in [1.165, 1.54) is 0 Å². The monoisotopic (exact) mass is 636 g/mol. The Morgan fingerprint density at radius 3 is 1.60 bits per heavy atom. The number of hydrogen-bond acceptors (Lipinski definition) is 4. The van der Waals surface area contributed by atoms with Gasteiger partial charge in [0.05, 0.1) is 5.57 Å². The molecule has 0 bridgehead atoms. The number of aryl methyl sites for hydroxylation is 2. The lowest BCUT2D eigenvalue weighted by Gasteiger charge is -2.20. The second-order valence-corrected chi connectivity index (χ2v) is 9.34. The standard InChI is InChI=1S/C20H14Cl2F12N6/c1-7-4-11(17(23,24)25)35-38(7)10(6-13(21)22)14-9(3)40(37-15(14)19(29,30)31)16(20(32,33)34)39-8(2)5-12(36-39)18(26,27)28/h4-6,10,16H,1-3H3/q+1. The zero-order chi connectivity index (χ0) is 30.7. The SMILES string of the molecule is CC1=C(C(C=C(Cl)Cl)n2nc(C(F)(F)F)cc2C)C(C(F)(F)F)=N[N+]1C(n1nc(C(F)(F)F)cc1C)C(F)(F)F. The Morgan fingerprint density at radius 2 is 1.23 bits per heavy atom. The minimum absolute atomic E-state index is 0.215. The van der Waals surface area contributed by atoms with Gasteiger partial charge in [-0.15, -0.1) is 0 Å². The fourth-order valence-corrected chi connectivity index (χ4v) is 4.13. The molecule has 3 rings (SSSR count). The van der Waals surface area contributed by atoms with E-state index >= 15 is 0 Å². The molecule has 1 radical (unpaired) electrons. The Balaban J connectivity index is 2.33. The van der Waals surface area contributed by atoms with Crippen LogP contribution in [0.5, 0.6) is 0 Å². The van der Waals surface area contributed by atoms with Crippen molar-refractivity contribution in [3.8, 4) is 0 Å². The smallest absolute Gasteiger partial charge is 0.257 e. The van der Waals surface area contributed by atoms with Gasteiger partial charge in [-0.25, -0.2) is 4.68 Å². The van der Waals surface area contributed by atoms with E-state index < -0.39 is 81.2 Å². The minimum Gasteiger partial charge on any atom is -0.257 e. The molecular weight excluding hydrogens is 623 g/mol. The van der Waals surface area contributed by atoms with Crippen LogP contribution in [0.15, 0.2) is 39.1 Å². The van der Waals surface area contributed by atoms with E-state index in [0.29, 0.717) is 23.7 Å². The van der Waals surface area contributed by atoms with Crippen LogP contribution < -0.4 is 5.01 Å². The molecule has 2 unspecified atom stereocenters. The minimum atomic E-state index is -5.57. The second-order valence-electron chi connectivity index (χ2n) is 8.33. The normalized spacial score (nSPS) is 17.4. The molecule has 0 aliphatic carbocycles. The number of rotatable bonds is 5. The van der Waals surface area contributed by atoms with Crippen molar-refractivity contribution in [1.29, 1.82) is 0 Å². The maximum atomic E-state index is 14.2. The lowest BCUT2D eigenvalue weighted by Crippen LogP contribution is -2.42. The molecule has 221 valence electrons. The molecule has 20 heteroatoms. The molecule has 2 aromatic rings. The van der Waals surface area contributed by atoms with Crippen molar-refractivity contribution in [3.63, 3.8) is 0 Å². The molecule has 0 amide bonds. The second kappa shape index (κ2) is 10.3. The van der Waals surface area contributed by atoms with Gasteiger partial charge in [-0.3, -0.25) is 4.68 Å². The number of aromatic nitrogens is 4. The van der Waals surface area contributed by atoms with Gasteiger partial charge in [0, 0.05) is 23.3 Å². The first-order valence-electron chi connectivity index (χ1n) is 10.5. The zero-order valence-corrected chi connectivity index (χ0v) is 21.4. The highest BCUT2D eigenvalue weighted by Crippen LogP contribution is 2.44. The summed E-state index contributed by atoms with van der Waals surface area (Å²) in [6.45, 7) is 2.52. The summed E-state index contributed by atoms with van der Waals surface area (Å²) < 4.78 is 164. The zero-order valence-electron chi connectivity index (χ0n) is 19.9. The molecule has 2 aromatic heterocycles. The molecule has 0 saturated heterocycles. The molecule has 1 aliphatic heterocycles. The molecule has 0 aromatic carbocycles. The van der Waals surface area contributed by atoms with E-state index in [9.17, 15) is 52.7 Å². The Bertz CT molecular complexity index is 1370. The lowest BCUT2D eigenvalue weighted by molar-refractivity contribution is -0.192. The highest BCUT2D eigenvalue weighted by atomic mass is 35.5. The first kappa shape index (κ1) is 31.8. The van der Waals surface area contributed by atoms with Crippen LogP contribution in [-0.4, -0.2) is 37.6 Å². The summed E-state index contributed by atoms with van der Waals surface area (Å²) in [6.07, 6.45) is -24.1. The van der Waals surface area contributed by atoms with Gasteiger partial charge in [-0.2, -0.15) is 62.9 Å². The van der Waals surface area contributed by atoms with Crippen molar-refractivity contribution in [2.45, 2.75) is 57.7 Å². The van der Waals surface area contributed by atoms with Crippen molar-refractivity contribution in [1.82, 2.24) is 24.6 Å². The number of alkyl halides is 12. The molecule has 40 heavy (non-hydrogen) atoms. The van der Waals surface area contributed by atoms with E-state index in [4.69, 9.17) is 23.2 Å². The summed E-state index contributed by atoms with van der Waals surface area (Å²) in [5, 5.41) is 8.89. The summed E-state index contributed by atoms with van der Waals surface area (Å²) >= 11 is 11.2. The largest absolute Gasteiger partial charge is 0.473 e. The first-order chi connectivity index (χ1) is 17.9. The lowest BCUT2D eigenvalue weighted by atomic mass is 9.99. The van der Waals surface area contributed by atoms with Crippen LogP contribution >= 0.6 is 23.2 Å². The highest BCUT2D eigenvalue weighted by Gasteiger charge is 2.62. The van der Waals surface area contributed by atoms with Gasteiger partial charge in [0.25, 0.3) is 0 Å². The predicted molar refractivity (Wildman–Crippen MR) is 116 cm³/mol. The van der Waals surface area contributed by atoms with Crippen LogP contribution in [0.3, 0.4) is 0 Å². The summed E-state index contributed by atoms with van der Waals surface area (Å²) in [4.78, 5) is 0. The summed E-state index contributed by atoms with van der Waals surface area (Å²) in [5.74, 6) is 0. The summed E-state index contributed by atoms with van der Waals surface area (Å²) in [5.41, 5.74) is -8.57. The van der Waals surface area contributed by atoms with Gasteiger partial charge >= 0.3 is 30.9 Å². The highest BCUT2D eigenvalue weighted by molar-refractivity contribution is 6.55. The number of hydrogen-bond donors (Lipinski definition) is 0. The Morgan fingerprint density at radius 1 is 0.775 bits per heavy atom. The van der Waals surface area contributed by atoms with E-state index in [0.717, 1.165) is 13.8 Å². The van der Waals surface area contributed by atoms with Gasteiger partial charge < -0.3 is 0 Å². The van der Waals surface area contributed by atoms with Gasteiger partial charge in [-0.05, 0) is 37.2 Å². The van der Waals surface area contributed by atoms with Crippen molar-refractivity contribution >= 4 is 28.9 Å². The summed E-state index contributed by atoms with van der Waals surface area (Å²) in [6, 6.07) is -1.39. The van der Waals surface area contributed by atoms with Crippen molar-refractivity contribution in [3.05, 3.63) is 56.7 Å². The van der Waals surface area contributed by atoms with Crippen molar-refractivity contribution in [2.24, 2.45) is 5.10 Å². The molecule has 0 fully saturated rings. The Kier molecular flexibility index (Phi) is 8.17. The molecule has 2 atom stereocenters. The Labute approximate surface area is 226 Å². The van der Waals surface area contributed by atoms with Gasteiger partial charge in [0.1, 0.15) is 10.5 Å². The maximum absolute atomic E-state index is 14.2. The van der Waals surface area contributed by atoms with Crippen LogP contribution in [0.2, 0.25) is 0 Å². The van der Waals surface area contributed by atoms with Gasteiger partial charge in [0.2, 0.25) is 5.71 Å². The van der Waals surface area contributed by atoms with Gasteiger partial charge in [0.15, 0.2) is 17.1 Å². The number of allylic oxidation sites excluding steroid dienone is 3. The van der Waals surface area contributed by atoms with E-state index in [1.54, 1.807) is 0 Å². The fourth-order valence-electron chi connectivity index (χ4n) is 3.89. The van der Waals surface area contributed by atoms with Crippen LogP contribution in [0.25, 0.3) is 0 Å². The Hall–Kier alpha value is -2.73. The average molecular weight is 637 g/mol. The first-order valence-corrected chi connectivity index (χ1v) is 11.2. The number of nitrogens with zero attached hydrogens (tertiary/aromatic N) is 6. The predicted octanol–water partition coefficient (Wildman–Crippen LogP) is 7.70.